The monoisotopic (exact) mass is 345 g/mol. The highest BCUT2D eigenvalue weighted by Crippen LogP contribution is 2.23. The van der Waals surface area contributed by atoms with E-state index in [1.807, 2.05) is 6.07 Å². The minimum Gasteiger partial charge on any atom is -0.443 e. The molecule has 7 heteroatoms. The maximum Gasteiger partial charge on any atom is 0.359 e. The van der Waals surface area contributed by atoms with E-state index < -0.39 is 12.1 Å². The van der Waals surface area contributed by atoms with E-state index in [4.69, 9.17) is 4.74 Å². The van der Waals surface area contributed by atoms with Gasteiger partial charge in [0.05, 0.1) is 0 Å². The van der Waals surface area contributed by atoms with Crippen LogP contribution in [0.15, 0.2) is 48.4 Å². The Bertz CT molecular complexity index is 713. The molecule has 1 N–H and O–H groups in total. The van der Waals surface area contributed by atoms with E-state index in [1.165, 1.54) is 16.2 Å². The van der Waals surface area contributed by atoms with Crippen LogP contribution in [0, 0.1) is 0 Å². The Kier molecular flexibility index (Phi) is 6.08. The van der Waals surface area contributed by atoms with Crippen molar-refractivity contribution in [2.45, 2.75) is 6.10 Å². The van der Waals surface area contributed by atoms with Gasteiger partial charge in [-0.3, -0.25) is 4.79 Å². The molecule has 0 fully saturated rings. The molecule has 6 nitrogen and oxygen atoms in total. The van der Waals surface area contributed by atoms with Crippen LogP contribution in [0.25, 0.3) is 0 Å². The van der Waals surface area contributed by atoms with Gasteiger partial charge in [-0.1, -0.05) is 36.4 Å². The van der Waals surface area contributed by atoms with Gasteiger partial charge in [-0.05, 0) is 0 Å². The lowest BCUT2D eigenvalue weighted by Crippen LogP contribution is -2.31. The van der Waals surface area contributed by atoms with Crippen molar-refractivity contribution in [3.05, 3.63) is 59.6 Å². The van der Waals surface area contributed by atoms with E-state index in [9.17, 15) is 9.59 Å². The summed E-state index contributed by atoms with van der Waals surface area (Å²) in [5, 5.41) is 5.19. The van der Waals surface area contributed by atoms with Crippen LogP contribution < -0.4 is 5.32 Å². The number of carbonyl (C=O) groups excluding carboxylic acids is 2. The summed E-state index contributed by atoms with van der Waals surface area (Å²) < 4.78 is 5.43. The molecule has 1 atom stereocenters. The number of benzene rings is 1. The van der Waals surface area contributed by atoms with Crippen LogP contribution in [0.1, 0.15) is 22.2 Å². The fourth-order valence-corrected chi connectivity index (χ4v) is 2.59. The third-order valence-corrected chi connectivity index (χ3v) is 3.90. The molecule has 126 valence electrons. The summed E-state index contributed by atoms with van der Waals surface area (Å²) in [5.41, 5.74) is 0.781. The number of aromatic nitrogens is 1. The molecular formula is C17H19N3O3S. The third kappa shape index (κ3) is 4.42. The summed E-state index contributed by atoms with van der Waals surface area (Å²) in [7, 11) is 3.23. The molecule has 1 aromatic heterocycles. The van der Waals surface area contributed by atoms with Crippen LogP contribution in [-0.4, -0.2) is 42.4 Å². The average molecular weight is 345 g/mol. The minimum absolute atomic E-state index is 0.166. The predicted octanol–water partition coefficient (Wildman–Crippen LogP) is 2.73. The molecule has 1 amide bonds. The number of ether oxygens (including phenoxy) is 1. The molecule has 2 aromatic rings. The molecule has 0 aliphatic heterocycles. The molecule has 0 saturated carbocycles. The molecule has 0 spiro atoms. The predicted molar refractivity (Wildman–Crippen MR) is 94.1 cm³/mol. The van der Waals surface area contributed by atoms with Gasteiger partial charge in [-0.15, -0.1) is 17.9 Å². The summed E-state index contributed by atoms with van der Waals surface area (Å²) >= 11 is 1.29. The molecule has 0 bridgehead atoms. The molecule has 24 heavy (non-hydrogen) atoms. The van der Waals surface area contributed by atoms with Crippen LogP contribution in [0.3, 0.4) is 0 Å². The SMILES string of the molecule is C=CCNc1nc(C(=O)O[C@@H](C(=O)N(C)C)c2ccccc2)cs1. The number of anilines is 1. The van der Waals surface area contributed by atoms with Crippen LogP contribution >= 0.6 is 11.3 Å². The number of nitrogens with zero attached hydrogens (tertiary/aromatic N) is 2. The highest BCUT2D eigenvalue weighted by Gasteiger charge is 2.27. The molecular weight excluding hydrogens is 326 g/mol. The molecule has 0 aliphatic carbocycles. The molecule has 1 aromatic carbocycles. The van der Waals surface area contributed by atoms with Crippen LogP contribution in [0.4, 0.5) is 5.13 Å². The number of hydrogen-bond donors (Lipinski definition) is 1. The van der Waals surface area contributed by atoms with Crippen LogP contribution in [0.5, 0.6) is 0 Å². The van der Waals surface area contributed by atoms with Crippen molar-refractivity contribution in [2.75, 3.05) is 26.0 Å². The third-order valence-electron chi connectivity index (χ3n) is 3.10. The number of esters is 1. The van der Waals surface area contributed by atoms with E-state index in [1.54, 1.807) is 49.8 Å². The second kappa shape index (κ2) is 8.26. The standard InChI is InChI=1S/C17H19N3O3S/c1-4-10-18-17-19-13(11-24-17)16(22)23-14(15(21)20(2)3)12-8-6-5-7-9-12/h4-9,11,14H,1,10H2,2-3H3,(H,18,19)/t14-/m1/s1. The molecule has 0 radical (unpaired) electrons. The van der Waals surface area contributed by atoms with Gasteiger partial charge in [0, 0.05) is 31.6 Å². The van der Waals surface area contributed by atoms with Gasteiger partial charge < -0.3 is 15.0 Å². The van der Waals surface area contributed by atoms with Gasteiger partial charge in [-0.25, -0.2) is 9.78 Å². The van der Waals surface area contributed by atoms with Crippen molar-refractivity contribution in [3.63, 3.8) is 0 Å². The fourth-order valence-electron chi connectivity index (χ4n) is 1.90. The van der Waals surface area contributed by atoms with E-state index >= 15 is 0 Å². The van der Waals surface area contributed by atoms with Gasteiger partial charge in [0.2, 0.25) is 6.10 Å². The summed E-state index contributed by atoms with van der Waals surface area (Å²) in [5.74, 6) is -0.947. The maximum absolute atomic E-state index is 12.4. The van der Waals surface area contributed by atoms with Crippen molar-refractivity contribution in [1.29, 1.82) is 0 Å². The molecule has 2 rings (SSSR count). The van der Waals surface area contributed by atoms with E-state index in [-0.39, 0.29) is 11.6 Å². The molecule has 0 saturated heterocycles. The molecule has 1 heterocycles. The summed E-state index contributed by atoms with van der Waals surface area (Å²) in [6.07, 6.45) is 0.695. The summed E-state index contributed by atoms with van der Waals surface area (Å²) in [6.45, 7) is 4.16. The Balaban J connectivity index is 2.16. The largest absolute Gasteiger partial charge is 0.443 e. The Morgan fingerprint density at radius 2 is 2.08 bits per heavy atom. The first kappa shape index (κ1) is 17.7. The summed E-state index contributed by atoms with van der Waals surface area (Å²) in [6, 6.07) is 8.91. The maximum atomic E-state index is 12.4. The van der Waals surface area contributed by atoms with Crippen molar-refractivity contribution in [1.82, 2.24) is 9.88 Å². The normalized spacial score (nSPS) is 11.4. The topological polar surface area (TPSA) is 71.5 Å². The Hall–Kier alpha value is -2.67. The van der Waals surface area contributed by atoms with Gasteiger partial charge in [-0.2, -0.15) is 0 Å². The van der Waals surface area contributed by atoms with Crippen molar-refractivity contribution < 1.29 is 14.3 Å². The Morgan fingerprint density at radius 3 is 2.71 bits per heavy atom. The first-order chi connectivity index (χ1) is 11.5. The Labute approximate surface area is 144 Å². The Morgan fingerprint density at radius 1 is 1.38 bits per heavy atom. The number of thiazole rings is 1. The minimum atomic E-state index is -1.00. The number of carbonyl (C=O) groups is 2. The first-order valence-electron chi connectivity index (χ1n) is 7.30. The molecule has 0 unspecified atom stereocenters. The van der Waals surface area contributed by atoms with Crippen LogP contribution in [-0.2, 0) is 9.53 Å². The highest BCUT2D eigenvalue weighted by atomic mass is 32.1. The van der Waals surface area contributed by atoms with Crippen molar-refractivity contribution >= 4 is 28.3 Å². The van der Waals surface area contributed by atoms with E-state index in [0.29, 0.717) is 17.2 Å². The highest BCUT2D eigenvalue weighted by molar-refractivity contribution is 7.13. The van der Waals surface area contributed by atoms with Gasteiger partial charge in [0.1, 0.15) is 0 Å². The van der Waals surface area contributed by atoms with E-state index in [0.717, 1.165) is 0 Å². The van der Waals surface area contributed by atoms with Crippen LogP contribution in [0.2, 0.25) is 0 Å². The quantitative estimate of drug-likeness (QED) is 0.617. The van der Waals surface area contributed by atoms with Crippen molar-refractivity contribution in [3.8, 4) is 0 Å². The van der Waals surface area contributed by atoms with E-state index in [2.05, 4.69) is 16.9 Å². The van der Waals surface area contributed by atoms with Crippen molar-refractivity contribution in [2.24, 2.45) is 0 Å². The van der Waals surface area contributed by atoms with Gasteiger partial charge in [0.15, 0.2) is 10.8 Å². The number of hydrogen-bond acceptors (Lipinski definition) is 6. The number of likely N-dealkylation sites (N-methyl/N-ethyl adjacent to an activating group) is 1. The zero-order valence-electron chi connectivity index (χ0n) is 13.6. The van der Waals surface area contributed by atoms with Gasteiger partial charge >= 0.3 is 5.97 Å². The number of nitrogens with one attached hydrogen (secondary N) is 1. The number of amides is 1. The lowest BCUT2D eigenvalue weighted by molar-refractivity contribution is -0.138. The van der Waals surface area contributed by atoms with Gasteiger partial charge in [0.25, 0.3) is 5.91 Å². The second-order valence-corrected chi connectivity index (χ2v) is 5.99. The number of rotatable bonds is 7. The second-order valence-electron chi connectivity index (χ2n) is 5.14. The zero-order valence-corrected chi connectivity index (χ0v) is 14.4. The molecule has 0 aliphatic rings. The average Bonchev–Trinajstić information content (AvgIpc) is 3.06. The zero-order chi connectivity index (χ0) is 17.5. The fraction of sp³-hybridized carbons (Fsp3) is 0.235. The summed E-state index contributed by atoms with van der Waals surface area (Å²) in [4.78, 5) is 30.3. The lowest BCUT2D eigenvalue weighted by atomic mass is 10.1. The first-order valence-corrected chi connectivity index (χ1v) is 8.18. The smallest absolute Gasteiger partial charge is 0.359 e. The lowest BCUT2D eigenvalue weighted by Gasteiger charge is -2.20.